The molecule has 220 valence electrons. The number of methoxy groups -OCH3 is 1. The number of rotatable bonds is 6. The van der Waals surface area contributed by atoms with Gasteiger partial charge in [-0.15, -0.1) is 0 Å². The lowest BCUT2D eigenvalue weighted by Gasteiger charge is -2.25. The van der Waals surface area contributed by atoms with Crippen LogP contribution in [-0.4, -0.2) is 32.7 Å². The van der Waals surface area contributed by atoms with Crippen molar-refractivity contribution in [1.29, 1.82) is 0 Å². The van der Waals surface area contributed by atoms with Gasteiger partial charge in [0.1, 0.15) is 11.6 Å². The topological polar surface area (TPSA) is 77.2 Å². The molecule has 1 saturated carbocycles. The lowest BCUT2D eigenvalue weighted by molar-refractivity contribution is 0.0697. The van der Waals surface area contributed by atoms with Gasteiger partial charge in [0.15, 0.2) is 0 Å². The van der Waals surface area contributed by atoms with Crippen molar-refractivity contribution in [1.82, 2.24) is 14.5 Å². The van der Waals surface area contributed by atoms with Crippen LogP contribution < -0.4 is 4.74 Å². The summed E-state index contributed by atoms with van der Waals surface area (Å²) in [5.41, 5.74) is 7.36. The van der Waals surface area contributed by atoms with Gasteiger partial charge in [0, 0.05) is 22.6 Å². The summed E-state index contributed by atoms with van der Waals surface area (Å²) in [6.45, 7) is 0. The van der Waals surface area contributed by atoms with E-state index in [1.165, 1.54) is 19.3 Å². The molecule has 0 amide bonds. The Labute approximate surface area is 264 Å². The Morgan fingerprint density at radius 3 is 2.39 bits per heavy atom. The smallest absolute Gasteiger partial charge is 0.335 e. The molecule has 0 saturated heterocycles. The van der Waals surface area contributed by atoms with E-state index in [2.05, 4.69) is 22.8 Å². The van der Waals surface area contributed by atoms with E-state index in [4.69, 9.17) is 37.9 Å². The second kappa shape index (κ2) is 11.6. The van der Waals surface area contributed by atoms with Gasteiger partial charge in [-0.05, 0) is 90.7 Å². The average Bonchev–Trinajstić information content (AvgIpc) is 3.44. The minimum absolute atomic E-state index is 0.241. The SMILES string of the molecule is COc1ccc(-c2ccc(Cl)c(Cl)c2)c(-c2ccc3cc(-c4nc5cc(C(=O)O)ccc5n4C4CCCCC4)ccc3n2)c1. The van der Waals surface area contributed by atoms with Gasteiger partial charge < -0.3 is 14.4 Å². The van der Waals surface area contributed by atoms with Gasteiger partial charge in [0.2, 0.25) is 0 Å². The van der Waals surface area contributed by atoms with E-state index in [0.29, 0.717) is 21.6 Å². The zero-order valence-corrected chi connectivity index (χ0v) is 25.6. The molecule has 0 atom stereocenters. The first kappa shape index (κ1) is 28.4. The van der Waals surface area contributed by atoms with Crippen molar-refractivity contribution in [3.63, 3.8) is 0 Å². The van der Waals surface area contributed by atoms with Gasteiger partial charge in [-0.2, -0.15) is 0 Å². The standard InChI is InChI=1S/C36H29Cl2N3O3/c1-44-26-11-12-27(21-7-13-29(37)30(38)18-21)28(20-26)32-15-8-22-17-23(9-14-31(22)39-32)35-40-33-19-24(36(42)43)10-16-34(33)41(35)25-5-3-2-4-6-25/h7-20,25H,2-6H2,1H3,(H,42,43). The van der Waals surface area contributed by atoms with Crippen LogP contribution in [0.5, 0.6) is 5.75 Å². The molecule has 1 N–H and O–H groups in total. The predicted molar refractivity (Wildman–Crippen MR) is 177 cm³/mol. The number of aromatic nitrogens is 3. The first-order valence-corrected chi connectivity index (χ1v) is 15.5. The molecule has 44 heavy (non-hydrogen) atoms. The van der Waals surface area contributed by atoms with E-state index in [9.17, 15) is 9.90 Å². The predicted octanol–water partition coefficient (Wildman–Crippen LogP) is 10.1. The molecule has 1 aliphatic rings. The molecule has 0 aliphatic heterocycles. The van der Waals surface area contributed by atoms with Crippen molar-refractivity contribution >= 4 is 51.1 Å². The number of ether oxygens (including phenoxy) is 1. The Morgan fingerprint density at radius 2 is 1.61 bits per heavy atom. The number of imidazole rings is 1. The third-order valence-corrected chi connectivity index (χ3v) is 9.30. The molecule has 8 heteroatoms. The number of carbonyl (C=O) groups is 1. The quantitative estimate of drug-likeness (QED) is 0.200. The third kappa shape index (κ3) is 5.18. The summed E-state index contributed by atoms with van der Waals surface area (Å²) in [5.74, 6) is 0.635. The highest BCUT2D eigenvalue weighted by Gasteiger charge is 2.23. The third-order valence-electron chi connectivity index (χ3n) is 8.56. The summed E-state index contributed by atoms with van der Waals surface area (Å²) in [6, 6.07) is 27.4. The molecule has 1 aliphatic carbocycles. The number of nitrogens with zero attached hydrogens (tertiary/aromatic N) is 3. The molecule has 7 rings (SSSR count). The Morgan fingerprint density at radius 1 is 0.795 bits per heavy atom. The molecular weight excluding hydrogens is 593 g/mol. The number of aromatic carboxylic acids is 1. The van der Waals surface area contributed by atoms with E-state index in [0.717, 1.165) is 68.8 Å². The second-order valence-electron chi connectivity index (χ2n) is 11.3. The van der Waals surface area contributed by atoms with Crippen LogP contribution in [0, 0.1) is 0 Å². The highest BCUT2D eigenvalue weighted by atomic mass is 35.5. The van der Waals surface area contributed by atoms with Crippen molar-refractivity contribution in [2.75, 3.05) is 7.11 Å². The van der Waals surface area contributed by atoms with Gasteiger partial charge in [-0.3, -0.25) is 0 Å². The fourth-order valence-corrected chi connectivity index (χ4v) is 6.63. The fourth-order valence-electron chi connectivity index (χ4n) is 6.34. The van der Waals surface area contributed by atoms with E-state index in [-0.39, 0.29) is 5.56 Å². The van der Waals surface area contributed by atoms with Gasteiger partial charge in [0.05, 0.1) is 45.0 Å². The lowest BCUT2D eigenvalue weighted by atomic mass is 9.94. The fraction of sp³-hybridized carbons (Fsp3) is 0.194. The molecular formula is C36H29Cl2N3O3. The number of pyridine rings is 1. The summed E-state index contributed by atoms with van der Waals surface area (Å²) in [5, 5.41) is 11.6. The van der Waals surface area contributed by atoms with Crippen LogP contribution in [0.4, 0.5) is 0 Å². The van der Waals surface area contributed by atoms with Crippen molar-refractivity contribution in [2.24, 2.45) is 0 Å². The Bertz CT molecular complexity index is 2060. The molecule has 0 radical (unpaired) electrons. The van der Waals surface area contributed by atoms with Crippen LogP contribution >= 0.6 is 23.2 Å². The first-order valence-electron chi connectivity index (χ1n) is 14.7. The molecule has 0 bridgehead atoms. The summed E-state index contributed by atoms with van der Waals surface area (Å²) in [6.07, 6.45) is 5.76. The Balaban J connectivity index is 1.33. The lowest BCUT2D eigenvalue weighted by Crippen LogP contribution is -2.14. The van der Waals surface area contributed by atoms with Gasteiger partial charge in [-0.25, -0.2) is 14.8 Å². The zero-order valence-electron chi connectivity index (χ0n) is 24.1. The minimum atomic E-state index is -0.952. The van der Waals surface area contributed by atoms with E-state index >= 15 is 0 Å². The largest absolute Gasteiger partial charge is 0.497 e. The van der Waals surface area contributed by atoms with Crippen LogP contribution in [0.1, 0.15) is 48.5 Å². The molecule has 0 unspecified atom stereocenters. The van der Waals surface area contributed by atoms with Crippen LogP contribution in [0.2, 0.25) is 10.0 Å². The van der Waals surface area contributed by atoms with E-state index in [1.807, 2.05) is 48.5 Å². The molecule has 6 aromatic rings. The van der Waals surface area contributed by atoms with Gasteiger partial charge in [0.25, 0.3) is 0 Å². The van der Waals surface area contributed by atoms with Crippen molar-refractivity contribution in [2.45, 2.75) is 38.1 Å². The zero-order chi connectivity index (χ0) is 30.4. The number of hydrogen-bond acceptors (Lipinski definition) is 4. The molecule has 6 nitrogen and oxygen atoms in total. The number of carboxylic acids is 1. The second-order valence-corrected chi connectivity index (χ2v) is 12.1. The minimum Gasteiger partial charge on any atom is -0.497 e. The van der Waals surface area contributed by atoms with Gasteiger partial charge in [-0.1, -0.05) is 60.7 Å². The maximum atomic E-state index is 11.7. The first-order chi connectivity index (χ1) is 21.4. The van der Waals surface area contributed by atoms with Crippen molar-refractivity contribution in [3.8, 4) is 39.5 Å². The molecule has 2 heterocycles. The summed E-state index contributed by atoms with van der Waals surface area (Å²) in [4.78, 5) is 21.7. The van der Waals surface area contributed by atoms with Gasteiger partial charge >= 0.3 is 5.97 Å². The van der Waals surface area contributed by atoms with E-state index in [1.54, 1.807) is 25.3 Å². The molecule has 0 spiro atoms. The Kier molecular flexibility index (Phi) is 7.48. The summed E-state index contributed by atoms with van der Waals surface area (Å²) in [7, 11) is 1.65. The van der Waals surface area contributed by atoms with Crippen LogP contribution in [0.15, 0.2) is 84.9 Å². The number of fused-ring (bicyclic) bond motifs is 2. The maximum absolute atomic E-state index is 11.7. The maximum Gasteiger partial charge on any atom is 0.335 e. The molecule has 2 aromatic heterocycles. The van der Waals surface area contributed by atoms with Crippen molar-refractivity contribution < 1.29 is 14.6 Å². The summed E-state index contributed by atoms with van der Waals surface area (Å²) < 4.78 is 7.87. The summed E-state index contributed by atoms with van der Waals surface area (Å²) >= 11 is 12.6. The van der Waals surface area contributed by atoms with Crippen LogP contribution in [0.25, 0.3) is 55.7 Å². The molecule has 1 fully saturated rings. The molecule has 4 aromatic carbocycles. The number of benzene rings is 4. The number of hydrogen-bond donors (Lipinski definition) is 1. The van der Waals surface area contributed by atoms with Crippen molar-refractivity contribution in [3.05, 3.63) is 101 Å². The number of carboxylic acid groups (broad SMARTS) is 1. The monoisotopic (exact) mass is 621 g/mol. The number of halogens is 2. The van der Waals surface area contributed by atoms with Crippen LogP contribution in [0.3, 0.4) is 0 Å². The van der Waals surface area contributed by atoms with Crippen LogP contribution in [-0.2, 0) is 0 Å². The average molecular weight is 623 g/mol. The highest BCUT2D eigenvalue weighted by Crippen LogP contribution is 2.39. The normalized spacial score (nSPS) is 13.9. The highest BCUT2D eigenvalue weighted by molar-refractivity contribution is 6.42. The van der Waals surface area contributed by atoms with E-state index < -0.39 is 5.97 Å². The Hall–Kier alpha value is -4.39.